The monoisotopic (exact) mass is 330 g/mol. The van der Waals surface area contributed by atoms with E-state index in [1.165, 1.54) is 18.2 Å². The summed E-state index contributed by atoms with van der Waals surface area (Å²) in [5.41, 5.74) is 2.46. The van der Waals surface area contributed by atoms with Gasteiger partial charge in [0, 0.05) is 24.5 Å². The first-order chi connectivity index (χ1) is 11.7. The van der Waals surface area contributed by atoms with Crippen LogP contribution in [0.15, 0.2) is 36.4 Å². The summed E-state index contributed by atoms with van der Waals surface area (Å²) in [7, 11) is 1.48. The number of ether oxygens (including phenoxy) is 1. The van der Waals surface area contributed by atoms with E-state index in [0.29, 0.717) is 12.6 Å². The Labute approximate surface area is 143 Å². The highest BCUT2D eigenvalue weighted by molar-refractivity contribution is 5.75. The maximum atomic E-state index is 12.6. The maximum absolute atomic E-state index is 12.6. The number of hydrogen-bond acceptors (Lipinski definition) is 3. The molecule has 130 valence electrons. The Kier molecular flexibility index (Phi) is 5.34. The third-order valence-corrected chi connectivity index (χ3v) is 5.62. The molecule has 0 radical (unpaired) electrons. The summed E-state index contributed by atoms with van der Waals surface area (Å²) in [4.78, 5) is 14.9. The predicted octanol–water partition coefficient (Wildman–Crippen LogP) is 3.63. The molecule has 0 amide bonds. The van der Waals surface area contributed by atoms with Crippen molar-refractivity contribution in [3.8, 4) is 0 Å². The Balaban J connectivity index is 1.87. The Morgan fingerprint density at radius 3 is 2.71 bits per heavy atom. The number of methoxy groups -OCH3 is 1. The second-order valence-corrected chi connectivity index (χ2v) is 6.92. The Morgan fingerprint density at radius 2 is 2.04 bits per heavy atom. The van der Waals surface area contributed by atoms with Crippen LogP contribution in [0.2, 0.25) is 0 Å². The summed E-state index contributed by atoms with van der Waals surface area (Å²) in [5, 5.41) is 0. The van der Waals surface area contributed by atoms with Crippen LogP contribution in [0.25, 0.3) is 0 Å². The van der Waals surface area contributed by atoms with Gasteiger partial charge in [0.1, 0.15) is 6.67 Å². The van der Waals surface area contributed by atoms with E-state index in [2.05, 4.69) is 36.1 Å². The maximum Gasteiger partial charge on any atom is 0.310 e. The van der Waals surface area contributed by atoms with E-state index in [9.17, 15) is 9.18 Å². The van der Waals surface area contributed by atoms with Crippen molar-refractivity contribution in [3.63, 3.8) is 0 Å². The summed E-state index contributed by atoms with van der Waals surface area (Å²) in [6.07, 6.45) is 6.51. The molecule has 3 rings (SSSR count). The number of halogens is 1. The van der Waals surface area contributed by atoms with Crippen LogP contribution in [0.1, 0.15) is 36.3 Å². The number of carbonyl (C=O) groups excluding carboxylic acids is 1. The van der Waals surface area contributed by atoms with E-state index >= 15 is 0 Å². The van der Waals surface area contributed by atoms with Gasteiger partial charge in [0.05, 0.1) is 13.0 Å². The van der Waals surface area contributed by atoms with E-state index in [1.54, 1.807) is 6.08 Å². The van der Waals surface area contributed by atoms with Crippen LogP contribution in [0.3, 0.4) is 0 Å². The minimum absolute atomic E-state index is 0.120. The number of benzene rings is 1. The molecule has 4 heteroatoms. The molecule has 1 aromatic rings. The van der Waals surface area contributed by atoms with Crippen LogP contribution in [-0.2, 0) is 9.53 Å². The van der Waals surface area contributed by atoms with E-state index < -0.39 is 6.67 Å². The summed E-state index contributed by atoms with van der Waals surface area (Å²) in [6.45, 7) is 2.36. The minimum atomic E-state index is -0.435. The number of alkyl halides is 1. The Bertz CT molecular complexity index is 598. The lowest BCUT2D eigenvalue weighted by atomic mass is 9.75. The van der Waals surface area contributed by atoms with Crippen LogP contribution in [0.5, 0.6) is 0 Å². The van der Waals surface area contributed by atoms with Gasteiger partial charge in [-0.05, 0) is 31.7 Å². The van der Waals surface area contributed by atoms with Crippen LogP contribution < -0.4 is 0 Å². The van der Waals surface area contributed by atoms with Gasteiger partial charge >= 0.3 is 5.97 Å². The second kappa shape index (κ2) is 7.47. The fraction of sp³-hybridized carbons (Fsp3) is 0.550. The van der Waals surface area contributed by atoms with Gasteiger partial charge in [-0.25, -0.2) is 4.39 Å². The average molecular weight is 330 g/mol. The number of rotatable bonds is 5. The quantitative estimate of drug-likeness (QED) is 0.610. The summed E-state index contributed by atoms with van der Waals surface area (Å²) < 4.78 is 17.5. The van der Waals surface area contributed by atoms with Gasteiger partial charge in [-0.1, -0.05) is 42.0 Å². The topological polar surface area (TPSA) is 29.5 Å². The molecule has 2 fully saturated rings. The zero-order valence-electron chi connectivity index (χ0n) is 14.5. The number of fused-ring (bicyclic) bond motifs is 2. The lowest BCUT2D eigenvalue weighted by molar-refractivity contribution is -0.150. The van der Waals surface area contributed by atoms with Crippen LogP contribution in [-0.4, -0.2) is 43.3 Å². The number of piperidine rings is 1. The number of nitrogens with zero attached hydrogens (tertiary/aromatic N) is 1. The molecule has 2 aliphatic heterocycles. The van der Waals surface area contributed by atoms with Crippen molar-refractivity contribution in [2.75, 3.05) is 20.3 Å². The molecule has 0 aliphatic carbocycles. The van der Waals surface area contributed by atoms with Crippen molar-refractivity contribution < 1.29 is 13.9 Å². The Hall–Kier alpha value is -1.68. The summed E-state index contributed by atoms with van der Waals surface area (Å²) in [6, 6.07) is 9.17. The zero-order valence-corrected chi connectivity index (χ0v) is 14.5. The number of hydrogen-bond donors (Lipinski definition) is 0. The fourth-order valence-corrected chi connectivity index (χ4v) is 4.47. The van der Waals surface area contributed by atoms with Crippen LogP contribution in [0, 0.1) is 12.8 Å². The highest BCUT2D eigenvalue weighted by Crippen LogP contribution is 2.47. The van der Waals surface area contributed by atoms with Crippen molar-refractivity contribution >= 4 is 5.97 Å². The SMILES string of the molecule is Cc1ccc(C2CC3CCC(C2C(=O)O[11CH3])N3C/C=C/CF)cc1. The molecular formula is C20H26FNO2. The molecule has 0 N–H and O–H groups in total. The third kappa shape index (κ3) is 3.25. The van der Waals surface area contributed by atoms with Crippen molar-refractivity contribution in [2.45, 2.75) is 44.2 Å². The average Bonchev–Trinajstić information content (AvgIpc) is 2.87. The van der Waals surface area contributed by atoms with Crippen molar-refractivity contribution in [2.24, 2.45) is 5.92 Å². The van der Waals surface area contributed by atoms with Gasteiger partial charge in [0.25, 0.3) is 0 Å². The fourth-order valence-electron chi connectivity index (χ4n) is 4.47. The van der Waals surface area contributed by atoms with Crippen molar-refractivity contribution in [1.29, 1.82) is 0 Å². The first-order valence-corrected chi connectivity index (χ1v) is 8.76. The van der Waals surface area contributed by atoms with Crippen molar-refractivity contribution in [1.82, 2.24) is 4.90 Å². The highest BCUT2D eigenvalue weighted by atomic mass is 19.1. The first-order valence-electron chi connectivity index (χ1n) is 8.76. The summed E-state index contributed by atoms with van der Waals surface area (Å²) in [5.74, 6) is -0.0578. The van der Waals surface area contributed by atoms with E-state index in [1.807, 2.05) is 6.08 Å². The molecule has 2 aliphatic rings. The standard InChI is InChI=1S/C20H26FNO2/c1-14-5-7-15(8-6-14)17-13-16-9-10-18(19(17)20(23)24-2)22(16)12-4-3-11-21/h3-8,16-19H,9-13H2,1-2H3/b4-3+/i2-1. The smallest absolute Gasteiger partial charge is 0.310 e. The van der Waals surface area contributed by atoms with Crippen LogP contribution >= 0.6 is 0 Å². The highest BCUT2D eigenvalue weighted by Gasteiger charge is 2.50. The van der Waals surface area contributed by atoms with Crippen molar-refractivity contribution in [3.05, 3.63) is 47.5 Å². The number of allylic oxidation sites excluding steroid dienone is 1. The molecule has 2 heterocycles. The molecule has 0 spiro atoms. The van der Waals surface area contributed by atoms with Gasteiger partial charge in [-0.3, -0.25) is 9.69 Å². The van der Waals surface area contributed by atoms with E-state index in [4.69, 9.17) is 4.74 Å². The lowest BCUT2D eigenvalue weighted by Gasteiger charge is -2.43. The molecule has 0 saturated carbocycles. The number of carbonyl (C=O) groups is 1. The zero-order chi connectivity index (χ0) is 17.1. The summed E-state index contributed by atoms with van der Waals surface area (Å²) >= 11 is 0. The largest absolute Gasteiger partial charge is 0.469 e. The molecular weight excluding hydrogens is 304 g/mol. The molecule has 1 aromatic carbocycles. The number of esters is 1. The molecule has 2 bridgehead atoms. The molecule has 0 aromatic heterocycles. The Morgan fingerprint density at radius 1 is 1.29 bits per heavy atom. The van der Waals surface area contributed by atoms with Crippen LogP contribution in [0.4, 0.5) is 4.39 Å². The van der Waals surface area contributed by atoms with Gasteiger partial charge < -0.3 is 4.74 Å². The lowest BCUT2D eigenvalue weighted by Crippen LogP contribution is -2.50. The second-order valence-electron chi connectivity index (χ2n) is 6.92. The van der Waals surface area contributed by atoms with E-state index in [0.717, 1.165) is 19.3 Å². The molecule has 2 saturated heterocycles. The molecule has 24 heavy (non-hydrogen) atoms. The predicted molar refractivity (Wildman–Crippen MR) is 92.7 cm³/mol. The first kappa shape index (κ1) is 17.2. The molecule has 4 unspecified atom stereocenters. The minimum Gasteiger partial charge on any atom is -0.469 e. The van der Waals surface area contributed by atoms with Gasteiger partial charge in [0.2, 0.25) is 0 Å². The molecule has 3 nitrogen and oxygen atoms in total. The normalized spacial score (nSPS) is 30.0. The van der Waals surface area contributed by atoms with Gasteiger partial charge in [0.15, 0.2) is 0 Å². The van der Waals surface area contributed by atoms with Gasteiger partial charge in [-0.2, -0.15) is 0 Å². The molecule has 4 atom stereocenters. The van der Waals surface area contributed by atoms with Gasteiger partial charge in [-0.15, -0.1) is 0 Å². The number of aryl methyl sites for hydroxylation is 1. The third-order valence-electron chi connectivity index (χ3n) is 5.62. The van der Waals surface area contributed by atoms with E-state index in [-0.39, 0.29) is 23.8 Å².